The van der Waals surface area contributed by atoms with Gasteiger partial charge in [0.1, 0.15) is 5.75 Å². The summed E-state index contributed by atoms with van der Waals surface area (Å²) in [5.74, 6) is 2.22. The fraction of sp³-hybridized carbons (Fsp3) is 0.308. The zero-order valence-electron chi connectivity index (χ0n) is 11.3. The number of nitrogens with zero attached hydrogens (tertiary/aromatic N) is 3. The van der Waals surface area contributed by atoms with Gasteiger partial charge in [-0.3, -0.25) is 0 Å². The molecule has 0 spiro atoms. The number of benzene rings is 1. The first-order chi connectivity index (χ1) is 10.2. The van der Waals surface area contributed by atoms with Crippen molar-refractivity contribution in [1.29, 1.82) is 0 Å². The number of halogens is 1. The van der Waals surface area contributed by atoms with Crippen LogP contribution in [-0.4, -0.2) is 28.3 Å². The van der Waals surface area contributed by atoms with Gasteiger partial charge in [-0.25, -0.2) is 0 Å². The molecule has 1 aliphatic heterocycles. The highest BCUT2D eigenvalue weighted by atomic mass is 35.5. The highest BCUT2D eigenvalue weighted by Crippen LogP contribution is 2.36. The largest absolute Gasteiger partial charge is 0.454 e. The molecule has 110 valence electrons. The molecule has 1 N–H and O–H groups in total. The molecule has 21 heavy (non-hydrogen) atoms. The Labute approximate surface area is 126 Å². The van der Waals surface area contributed by atoms with E-state index in [9.17, 15) is 0 Å². The summed E-state index contributed by atoms with van der Waals surface area (Å²) >= 11 is 5.86. The lowest BCUT2D eigenvalue weighted by molar-refractivity contribution is 0.174. The average molecular weight is 309 g/mol. The summed E-state index contributed by atoms with van der Waals surface area (Å²) in [7, 11) is 0. The van der Waals surface area contributed by atoms with Gasteiger partial charge in [0.15, 0.2) is 11.5 Å². The molecule has 0 aliphatic carbocycles. The van der Waals surface area contributed by atoms with Gasteiger partial charge < -0.3 is 19.5 Å². The fourth-order valence-electron chi connectivity index (χ4n) is 1.74. The van der Waals surface area contributed by atoms with Crippen LogP contribution in [-0.2, 0) is 0 Å². The van der Waals surface area contributed by atoms with E-state index in [1.54, 1.807) is 18.2 Å². The minimum atomic E-state index is 0.0688. The van der Waals surface area contributed by atoms with E-state index < -0.39 is 0 Å². The first-order valence-electron chi connectivity index (χ1n) is 6.47. The molecular formula is C13H13ClN4O3. The van der Waals surface area contributed by atoms with Crippen molar-refractivity contribution in [2.45, 2.75) is 13.3 Å². The van der Waals surface area contributed by atoms with E-state index in [0.717, 1.165) is 13.0 Å². The molecule has 0 unspecified atom stereocenters. The van der Waals surface area contributed by atoms with Gasteiger partial charge in [0, 0.05) is 12.6 Å². The molecule has 8 heteroatoms. The fourth-order valence-corrected chi connectivity index (χ4v) is 1.89. The summed E-state index contributed by atoms with van der Waals surface area (Å²) < 4.78 is 16.1. The smallest absolute Gasteiger partial charge is 0.328 e. The number of ether oxygens (including phenoxy) is 3. The second-order valence-electron chi connectivity index (χ2n) is 4.25. The number of nitrogens with one attached hydrogen (secondary N) is 1. The predicted molar refractivity (Wildman–Crippen MR) is 76.3 cm³/mol. The molecule has 2 aromatic rings. The second kappa shape index (κ2) is 6.01. The number of hydrogen-bond acceptors (Lipinski definition) is 7. The zero-order valence-corrected chi connectivity index (χ0v) is 12.1. The Morgan fingerprint density at radius 1 is 1.24 bits per heavy atom. The molecule has 0 saturated carbocycles. The Kier molecular flexibility index (Phi) is 3.92. The van der Waals surface area contributed by atoms with Crippen LogP contribution in [0.25, 0.3) is 0 Å². The Balaban J connectivity index is 1.79. The molecule has 1 aliphatic rings. The van der Waals surface area contributed by atoms with Crippen molar-refractivity contribution in [3.8, 4) is 23.3 Å². The van der Waals surface area contributed by atoms with Crippen LogP contribution in [0.2, 0.25) is 5.28 Å². The lowest BCUT2D eigenvalue weighted by Crippen LogP contribution is -2.06. The maximum Gasteiger partial charge on any atom is 0.328 e. The topological polar surface area (TPSA) is 78.4 Å². The number of rotatable bonds is 5. The number of fused-ring (bicyclic) bond motifs is 1. The quantitative estimate of drug-likeness (QED) is 0.909. The van der Waals surface area contributed by atoms with Crippen LogP contribution in [0.1, 0.15) is 13.3 Å². The van der Waals surface area contributed by atoms with Crippen molar-refractivity contribution in [2.75, 3.05) is 18.7 Å². The summed E-state index contributed by atoms with van der Waals surface area (Å²) in [5, 5.41) is 3.10. The molecule has 0 bridgehead atoms. The number of aromatic nitrogens is 3. The van der Waals surface area contributed by atoms with E-state index in [-0.39, 0.29) is 18.1 Å². The van der Waals surface area contributed by atoms with Crippen molar-refractivity contribution < 1.29 is 14.2 Å². The molecule has 0 saturated heterocycles. The van der Waals surface area contributed by atoms with Gasteiger partial charge in [0.25, 0.3) is 0 Å². The van der Waals surface area contributed by atoms with E-state index in [0.29, 0.717) is 23.2 Å². The normalized spacial score (nSPS) is 12.3. The van der Waals surface area contributed by atoms with Crippen LogP contribution in [0.4, 0.5) is 5.95 Å². The number of anilines is 1. The average Bonchev–Trinajstić information content (AvgIpc) is 2.92. The van der Waals surface area contributed by atoms with Gasteiger partial charge in [-0.1, -0.05) is 6.92 Å². The molecule has 7 nitrogen and oxygen atoms in total. The molecule has 0 radical (unpaired) electrons. The maximum atomic E-state index is 5.86. The molecule has 0 fully saturated rings. The van der Waals surface area contributed by atoms with E-state index >= 15 is 0 Å². The highest BCUT2D eigenvalue weighted by Gasteiger charge is 2.15. The second-order valence-corrected chi connectivity index (χ2v) is 4.59. The minimum absolute atomic E-state index is 0.0688. The van der Waals surface area contributed by atoms with Gasteiger partial charge in [-0.2, -0.15) is 15.0 Å². The van der Waals surface area contributed by atoms with Crippen molar-refractivity contribution >= 4 is 17.5 Å². The third-order valence-corrected chi connectivity index (χ3v) is 2.84. The Morgan fingerprint density at radius 2 is 2.10 bits per heavy atom. The van der Waals surface area contributed by atoms with Crippen LogP contribution < -0.4 is 19.5 Å². The van der Waals surface area contributed by atoms with Gasteiger partial charge in [0.2, 0.25) is 18.0 Å². The van der Waals surface area contributed by atoms with Crippen molar-refractivity contribution in [3.63, 3.8) is 0 Å². The van der Waals surface area contributed by atoms with Gasteiger partial charge >= 0.3 is 6.01 Å². The molecule has 1 aromatic heterocycles. The van der Waals surface area contributed by atoms with Gasteiger partial charge in [-0.15, -0.1) is 0 Å². The van der Waals surface area contributed by atoms with Crippen LogP contribution in [0.15, 0.2) is 18.2 Å². The van der Waals surface area contributed by atoms with Crippen LogP contribution >= 0.6 is 11.6 Å². The van der Waals surface area contributed by atoms with Gasteiger partial charge in [0.05, 0.1) is 0 Å². The summed E-state index contributed by atoms with van der Waals surface area (Å²) in [6.07, 6.45) is 0.946. The van der Waals surface area contributed by atoms with Crippen molar-refractivity contribution in [2.24, 2.45) is 0 Å². The summed E-state index contributed by atoms with van der Waals surface area (Å²) in [5.41, 5.74) is 0. The lowest BCUT2D eigenvalue weighted by Gasteiger charge is -2.07. The van der Waals surface area contributed by atoms with Crippen LogP contribution in [0, 0.1) is 0 Å². The van der Waals surface area contributed by atoms with Crippen molar-refractivity contribution in [1.82, 2.24) is 15.0 Å². The van der Waals surface area contributed by atoms with E-state index in [1.807, 2.05) is 6.92 Å². The maximum absolute atomic E-state index is 5.86. The van der Waals surface area contributed by atoms with Crippen molar-refractivity contribution in [3.05, 3.63) is 23.5 Å². The third-order valence-electron chi connectivity index (χ3n) is 2.67. The zero-order chi connectivity index (χ0) is 14.7. The molecule has 0 atom stereocenters. The third kappa shape index (κ3) is 3.25. The Bertz CT molecular complexity index is 653. The monoisotopic (exact) mass is 308 g/mol. The van der Waals surface area contributed by atoms with Gasteiger partial charge in [-0.05, 0) is 30.2 Å². The lowest BCUT2D eigenvalue weighted by atomic mass is 10.3. The SMILES string of the molecule is CCCNc1nc(Cl)nc(Oc2ccc3c(c2)OCO3)n1. The summed E-state index contributed by atoms with van der Waals surface area (Å²) in [4.78, 5) is 12.1. The van der Waals surface area contributed by atoms with E-state index in [1.165, 1.54) is 0 Å². The molecular weight excluding hydrogens is 296 g/mol. The predicted octanol–water partition coefficient (Wildman–Crippen LogP) is 2.87. The minimum Gasteiger partial charge on any atom is -0.454 e. The summed E-state index contributed by atoms with van der Waals surface area (Å²) in [6, 6.07) is 5.33. The standard InChI is InChI=1S/C13H13ClN4O3/c1-2-5-15-12-16-11(14)17-13(18-12)21-8-3-4-9-10(6-8)20-7-19-9/h3-4,6H,2,5,7H2,1H3,(H,15,16,17,18). The summed E-state index contributed by atoms with van der Waals surface area (Å²) in [6.45, 7) is 2.99. The van der Waals surface area contributed by atoms with E-state index in [4.69, 9.17) is 25.8 Å². The first kappa shape index (κ1) is 13.7. The Morgan fingerprint density at radius 3 is 2.95 bits per heavy atom. The van der Waals surface area contributed by atoms with E-state index in [2.05, 4.69) is 20.3 Å². The molecule has 2 heterocycles. The first-order valence-corrected chi connectivity index (χ1v) is 6.85. The Hall–Kier alpha value is -2.28. The molecule has 3 rings (SSSR count). The van der Waals surface area contributed by atoms with Crippen LogP contribution in [0.5, 0.6) is 23.3 Å². The number of hydrogen-bond donors (Lipinski definition) is 1. The molecule has 1 aromatic carbocycles. The molecule has 0 amide bonds. The highest BCUT2D eigenvalue weighted by molar-refractivity contribution is 6.28. The van der Waals surface area contributed by atoms with Crippen LogP contribution in [0.3, 0.4) is 0 Å².